The molecule has 1 amide bonds. The molecule has 0 atom stereocenters. The highest BCUT2D eigenvalue weighted by molar-refractivity contribution is 7.80. The van der Waals surface area contributed by atoms with E-state index < -0.39 is 0 Å². The van der Waals surface area contributed by atoms with Crippen molar-refractivity contribution in [3.8, 4) is 5.75 Å². The van der Waals surface area contributed by atoms with Crippen molar-refractivity contribution in [1.82, 2.24) is 10.6 Å². The average molecular weight is 324 g/mol. The molecule has 1 rings (SSSR count). The van der Waals surface area contributed by atoms with E-state index in [2.05, 4.69) is 10.6 Å². The van der Waals surface area contributed by atoms with Crippen LogP contribution in [0, 0.1) is 0 Å². The second-order valence-electron chi connectivity index (χ2n) is 4.94. The number of carbonyl (C=O) groups is 1. The Morgan fingerprint density at radius 3 is 2.55 bits per heavy atom. The standard InChI is InChI=1S/C16H24N2O3S/c1-4-20-14-8-6-13(7-9-14)15(19)18-16(22)17-10-5-11-21-12(2)3/h6-9,12H,4-5,10-11H2,1-3H3,(H2,17,18,19,22). The first-order chi connectivity index (χ1) is 10.5. The normalized spacial score (nSPS) is 10.4. The van der Waals surface area contributed by atoms with Crippen LogP contribution in [0.25, 0.3) is 0 Å². The minimum atomic E-state index is -0.237. The lowest BCUT2D eigenvalue weighted by molar-refractivity contribution is 0.0777. The van der Waals surface area contributed by atoms with Crippen LogP contribution in [0.3, 0.4) is 0 Å². The maximum absolute atomic E-state index is 12.0. The molecule has 0 spiro atoms. The molecule has 0 fully saturated rings. The maximum atomic E-state index is 12.0. The Bertz CT molecular complexity index is 475. The molecule has 1 aromatic carbocycles. The zero-order chi connectivity index (χ0) is 16.4. The van der Waals surface area contributed by atoms with Crippen LogP contribution in [0.15, 0.2) is 24.3 Å². The van der Waals surface area contributed by atoms with Crippen molar-refractivity contribution in [2.75, 3.05) is 19.8 Å². The van der Waals surface area contributed by atoms with Crippen molar-refractivity contribution in [2.45, 2.75) is 33.3 Å². The van der Waals surface area contributed by atoms with Gasteiger partial charge in [-0.1, -0.05) is 0 Å². The summed E-state index contributed by atoms with van der Waals surface area (Å²) in [6.07, 6.45) is 1.06. The predicted octanol–water partition coefficient (Wildman–Crippen LogP) is 2.50. The monoisotopic (exact) mass is 324 g/mol. The van der Waals surface area contributed by atoms with Gasteiger partial charge in [0.1, 0.15) is 5.75 Å². The molecular formula is C16H24N2O3S. The molecule has 1 aromatic rings. The van der Waals surface area contributed by atoms with Crippen LogP contribution in [0.5, 0.6) is 5.75 Å². The van der Waals surface area contributed by atoms with Gasteiger partial charge >= 0.3 is 0 Å². The van der Waals surface area contributed by atoms with E-state index in [1.54, 1.807) is 24.3 Å². The summed E-state index contributed by atoms with van der Waals surface area (Å²) in [5.41, 5.74) is 0.538. The van der Waals surface area contributed by atoms with Crippen molar-refractivity contribution >= 4 is 23.2 Å². The Kier molecular flexibility index (Phi) is 8.47. The molecule has 22 heavy (non-hydrogen) atoms. The molecular weight excluding hydrogens is 300 g/mol. The van der Waals surface area contributed by atoms with E-state index in [0.29, 0.717) is 30.4 Å². The molecule has 122 valence electrons. The fraction of sp³-hybridized carbons (Fsp3) is 0.500. The Balaban J connectivity index is 2.30. The van der Waals surface area contributed by atoms with Crippen molar-refractivity contribution in [1.29, 1.82) is 0 Å². The molecule has 0 saturated heterocycles. The lowest BCUT2D eigenvalue weighted by atomic mass is 10.2. The number of hydrogen-bond donors (Lipinski definition) is 2. The number of benzene rings is 1. The second kappa shape index (κ2) is 10.1. The van der Waals surface area contributed by atoms with Crippen LogP contribution in [0.4, 0.5) is 0 Å². The Morgan fingerprint density at radius 1 is 1.27 bits per heavy atom. The quantitative estimate of drug-likeness (QED) is 0.568. The largest absolute Gasteiger partial charge is 0.494 e. The lowest BCUT2D eigenvalue weighted by Crippen LogP contribution is -2.39. The minimum absolute atomic E-state index is 0.228. The summed E-state index contributed by atoms with van der Waals surface area (Å²) >= 11 is 5.09. The number of nitrogens with one attached hydrogen (secondary N) is 2. The van der Waals surface area contributed by atoms with Gasteiger partial charge in [0, 0.05) is 18.7 Å². The molecule has 0 aliphatic rings. The van der Waals surface area contributed by atoms with E-state index in [1.807, 2.05) is 20.8 Å². The smallest absolute Gasteiger partial charge is 0.257 e. The van der Waals surface area contributed by atoms with Crippen LogP contribution < -0.4 is 15.4 Å². The van der Waals surface area contributed by atoms with Gasteiger partial charge in [-0.15, -0.1) is 0 Å². The predicted molar refractivity (Wildman–Crippen MR) is 91.4 cm³/mol. The third-order valence-electron chi connectivity index (χ3n) is 2.71. The van der Waals surface area contributed by atoms with Gasteiger partial charge in [0.2, 0.25) is 0 Å². The summed E-state index contributed by atoms with van der Waals surface area (Å²) < 4.78 is 10.8. The number of carbonyl (C=O) groups excluding carboxylic acids is 1. The Hall–Kier alpha value is -1.66. The summed E-state index contributed by atoms with van der Waals surface area (Å²) in [5, 5.41) is 5.95. The topological polar surface area (TPSA) is 59.6 Å². The van der Waals surface area contributed by atoms with Gasteiger partial charge in [-0.3, -0.25) is 10.1 Å². The Morgan fingerprint density at radius 2 is 1.95 bits per heavy atom. The molecule has 0 aliphatic carbocycles. The third kappa shape index (κ3) is 7.38. The van der Waals surface area contributed by atoms with E-state index in [9.17, 15) is 4.79 Å². The highest BCUT2D eigenvalue weighted by atomic mass is 32.1. The van der Waals surface area contributed by atoms with Gasteiger partial charge < -0.3 is 14.8 Å². The molecule has 0 aliphatic heterocycles. The maximum Gasteiger partial charge on any atom is 0.257 e. The van der Waals surface area contributed by atoms with Gasteiger partial charge in [0.25, 0.3) is 5.91 Å². The van der Waals surface area contributed by atoms with Crippen LogP contribution in [-0.2, 0) is 4.74 Å². The van der Waals surface area contributed by atoms with Crippen molar-refractivity contribution < 1.29 is 14.3 Å². The summed E-state index contributed by atoms with van der Waals surface area (Å²) in [7, 11) is 0. The van der Waals surface area contributed by atoms with Gasteiger partial charge in [0.05, 0.1) is 12.7 Å². The molecule has 0 heterocycles. The van der Waals surface area contributed by atoms with Gasteiger partial charge in [0.15, 0.2) is 5.11 Å². The van der Waals surface area contributed by atoms with Crippen LogP contribution in [0.1, 0.15) is 37.6 Å². The summed E-state index contributed by atoms with van der Waals surface area (Å²) in [4.78, 5) is 12.0. The zero-order valence-electron chi connectivity index (χ0n) is 13.3. The highest BCUT2D eigenvalue weighted by Crippen LogP contribution is 2.11. The lowest BCUT2D eigenvalue weighted by Gasteiger charge is -2.11. The Labute approximate surface area is 137 Å². The highest BCUT2D eigenvalue weighted by Gasteiger charge is 2.07. The molecule has 2 N–H and O–H groups in total. The number of thiocarbonyl (C=S) groups is 1. The van der Waals surface area contributed by atoms with Crippen molar-refractivity contribution in [3.05, 3.63) is 29.8 Å². The first-order valence-electron chi connectivity index (χ1n) is 7.46. The molecule has 0 bridgehead atoms. The van der Waals surface area contributed by atoms with Gasteiger partial charge in [-0.05, 0) is 63.7 Å². The molecule has 0 aromatic heterocycles. The third-order valence-corrected chi connectivity index (χ3v) is 2.96. The van der Waals surface area contributed by atoms with E-state index in [1.165, 1.54) is 0 Å². The van der Waals surface area contributed by atoms with Crippen LogP contribution >= 0.6 is 12.2 Å². The average Bonchev–Trinajstić information content (AvgIpc) is 2.47. The molecule has 0 unspecified atom stereocenters. The fourth-order valence-electron chi connectivity index (χ4n) is 1.68. The second-order valence-corrected chi connectivity index (χ2v) is 5.35. The summed E-state index contributed by atoms with van der Waals surface area (Å²) in [5.74, 6) is 0.504. The van der Waals surface area contributed by atoms with Crippen molar-refractivity contribution in [2.24, 2.45) is 0 Å². The molecule has 0 radical (unpaired) electrons. The number of amides is 1. The first kappa shape index (κ1) is 18.4. The first-order valence-corrected chi connectivity index (χ1v) is 7.87. The number of ether oxygens (including phenoxy) is 2. The number of hydrogen-bond acceptors (Lipinski definition) is 4. The van der Waals surface area contributed by atoms with E-state index in [0.717, 1.165) is 12.2 Å². The van der Waals surface area contributed by atoms with Crippen LogP contribution in [-0.4, -0.2) is 36.9 Å². The SMILES string of the molecule is CCOc1ccc(C(=O)NC(=S)NCCCOC(C)C)cc1. The molecule has 0 saturated carbocycles. The fourth-order valence-corrected chi connectivity index (χ4v) is 1.88. The summed E-state index contributed by atoms with van der Waals surface area (Å²) in [6.45, 7) is 7.83. The molecule has 6 heteroatoms. The van der Waals surface area contributed by atoms with E-state index >= 15 is 0 Å². The van der Waals surface area contributed by atoms with Crippen molar-refractivity contribution in [3.63, 3.8) is 0 Å². The van der Waals surface area contributed by atoms with E-state index in [-0.39, 0.29) is 12.0 Å². The zero-order valence-corrected chi connectivity index (χ0v) is 14.2. The van der Waals surface area contributed by atoms with Crippen LogP contribution in [0.2, 0.25) is 0 Å². The van der Waals surface area contributed by atoms with Gasteiger partial charge in [-0.25, -0.2) is 0 Å². The minimum Gasteiger partial charge on any atom is -0.494 e. The van der Waals surface area contributed by atoms with E-state index in [4.69, 9.17) is 21.7 Å². The number of rotatable bonds is 8. The summed E-state index contributed by atoms with van der Waals surface area (Å²) in [6, 6.07) is 6.94. The molecule has 5 nitrogen and oxygen atoms in total. The van der Waals surface area contributed by atoms with Gasteiger partial charge in [-0.2, -0.15) is 0 Å².